The number of aliphatic carboxylic acids is 1. The van der Waals surface area contributed by atoms with Crippen LogP contribution in [0.2, 0.25) is 5.02 Å². The lowest BCUT2D eigenvalue weighted by atomic mass is 10.2. The fourth-order valence-electron chi connectivity index (χ4n) is 1.36. The molecule has 0 aliphatic heterocycles. The van der Waals surface area contributed by atoms with Gasteiger partial charge in [0, 0.05) is 18.3 Å². The Morgan fingerprint density at radius 2 is 2.05 bits per heavy atom. The number of para-hydroxylation sites is 1. The first-order chi connectivity index (χ1) is 9.15. The highest BCUT2D eigenvalue weighted by Gasteiger charge is 2.02. The van der Waals surface area contributed by atoms with Crippen LogP contribution in [0.3, 0.4) is 0 Å². The number of benzene rings is 1. The number of hydrogen-bond donors (Lipinski definition) is 1. The van der Waals surface area contributed by atoms with Crippen LogP contribution in [0.4, 0.5) is 0 Å². The molecular weight excluding hydrogens is 266 g/mol. The highest BCUT2D eigenvalue weighted by Crippen LogP contribution is 2.27. The molecule has 1 heterocycles. The van der Waals surface area contributed by atoms with Crippen LogP contribution in [-0.2, 0) is 4.79 Å². The molecule has 0 saturated heterocycles. The van der Waals surface area contributed by atoms with Crippen LogP contribution >= 0.6 is 11.6 Å². The lowest BCUT2D eigenvalue weighted by Gasteiger charge is -2.06. The molecule has 0 atom stereocenters. The number of carboxylic acids is 1. The van der Waals surface area contributed by atoms with Gasteiger partial charge in [-0.1, -0.05) is 23.7 Å². The van der Waals surface area contributed by atoms with Crippen LogP contribution in [0.15, 0.2) is 48.7 Å². The van der Waals surface area contributed by atoms with Crippen molar-refractivity contribution in [3.8, 4) is 11.6 Å². The Kier molecular flexibility index (Phi) is 4.15. The molecule has 0 bridgehead atoms. The Morgan fingerprint density at radius 1 is 1.26 bits per heavy atom. The average molecular weight is 276 g/mol. The number of pyridine rings is 1. The average Bonchev–Trinajstić information content (AvgIpc) is 2.40. The molecule has 4 nitrogen and oxygen atoms in total. The van der Waals surface area contributed by atoms with Gasteiger partial charge in [0.25, 0.3) is 0 Å². The van der Waals surface area contributed by atoms with Crippen molar-refractivity contribution in [2.75, 3.05) is 0 Å². The minimum atomic E-state index is -1.00. The van der Waals surface area contributed by atoms with Crippen LogP contribution in [-0.4, -0.2) is 16.1 Å². The van der Waals surface area contributed by atoms with Gasteiger partial charge in [-0.3, -0.25) is 0 Å². The van der Waals surface area contributed by atoms with E-state index in [1.54, 1.807) is 24.3 Å². The second-order valence-electron chi connectivity index (χ2n) is 3.63. The van der Waals surface area contributed by atoms with Crippen LogP contribution in [0.1, 0.15) is 5.56 Å². The lowest BCUT2D eigenvalue weighted by molar-refractivity contribution is -0.131. The van der Waals surface area contributed by atoms with Crippen molar-refractivity contribution in [2.24, 2.45) is 0 Å². The van der Waals surface area contributed by atoms with Crippen molar-refractivity contribution in [3.05, 3.63) is 59.3 Å². The van der Waals surface area contributed by atoms with E-state index in [1.165, 1.54) is 12.3 Å². The summed E-state index contributed by atoms with van der Waals surface area (Å²) >= 11 is 5.96. The van der Waals surface area contributed by atoms with E-state index in [0.717, 1.165) is 6.08 Å². The third-order valence-electron chi connectivity index (χ3n) is 2.23. The Balaban J connectivity index is 2.11. The molecule has 0 aliphatic rings. The van der Waals surface area contributed by atoms with E-state index in [0.29, 0.717) is 22.2 Å². The normalized spacial score (nSPS) is 10.6. The largest absolute Gasteiger partial charge is 0.478 e. The number of rotatable bonds is 4. The Morgan fingerprint density at radius 3 is 2.68 bits per heavy atom. The zero-order valence-electron chi connectivity index (χ0n) is 9.79. The summed E-state index contributed by atoms with van der Waals surface area (Å²) < 4.78 is 5.51. The van der Waals surface area contributed by atoms with Gasteiger partial charge in [-0.2, -0.15) is 0 Å². The first-order valence-electron chi connectivity index (χ1n) is 5.44. The van der Waals surface area contributed by atoms with Gasteiger partial charge < -0.3 is 9.84 Å². The zero-order chi connectivity index (χ0) is 13.7. The van der Waals surface area contributed by atoms with Crippen molar-refractivity contribution in [1.82, 2.24) is 4.98 Å². The number of halogens is 1. The monoisotopic (exact) mass is 275 g/mol. The molecule has 5 heteroatoms. The Bertz CT molecular complexity index is 608. The van der Waals surface area contributed by atoms with E-state index < -0.39 is 5.97 Å². The first-order valence-corrected chi connectivity index (χ1v) is 5.82. The molecule has 0 saturated carbocycles. The quantitative estimate of drug-likeness (QED) is 0.866. The van der Waals surface area contributed by atoms with E-state index in [2.05, 4.69) is 4.98 Å². The SMILES string of the molecule is O=C(O)/C=C/c1ccc(Oc2ccccc2Cl)nc1. The summed E-state index contributed by atoms with van der Waals surface area (Å²) in [4.78, 5) is 14.4. The van der Waals surface area contributed by atoms with E-state index in [-0.39, 0.29) is 0 Å². The molecule has 0 radical (unpaired) electrons. The van der Waals surface area contributed by atoms with Gasteiger partial charge in [0.15, 0.2) is 0 Å². The van der Waals surface area contributed by atoms with Crippen LogP contribution in [0, 0.1) is 0 Å². The number of nitrogens with zero attached hydrogens (tertiary/aromatic N) is 1. The molecule has 1 aromatic carbocycles. The van der Waals surface area contributed by atoms with Crippen molar-refractivity contribution >= 4 is 23.6 Å². The number of hydrogen-bond acceptors (Lipinski definition) is 3. The first kappa shape index (κ1) is 13.1. The van der Waals surface area contributed by atoms with E-state index in [9.17, 15) is 4.79 Å². The third kappa shape index (κ3) is 3.82. The van der Waals surface area contributed by atoms with Crippen LogP contribution in [0.25, 0.3) is 6.08 Å². The molecule has 19 heavy (non-hydrogen) atoms. The minimum Gasteiger partial charge on any atom is -0.478 e. The molecule has 2 aromatic rings. The molecule has 1 N–H and O–H groups in total. The van der Waals surface area contributed by atoms with Gasteiger partial charge in [0.1, 0.15) is 5.75 Å². The summed E-state index contributed by atoms with van der Waals surface area (Å²) in [6, 6.07) is 10.4. The molecule has 0 amide bonds. The number of aromatic nitrogens is 1. The number of carbonyl (C=O) groups is 1. The second-order valence-corrected chi connectivity index (χ2v) is 4.04. The lowest BCUT2D eigenvalue weighted by Crippen LogP contribution is -1.89. The fourth-order valence-corrected chi connectivity index (χ4v) is 1.53. The molecule has 96 valence electrons. The van der Waals surface area contributed by atoms with Gasteiger partial charge in [-0.05, 0) is 29.8 Å². The summed E-state index contributed by atoms with van der Waals surface area (Å²) in [5, 5.41) is 9.01. The minimum absolute atomic E-state index is 0.389. The predicted octanol–water partition coefficient (Wildman–Crippen LogP) is 3.63. The van der Waals surface area contributed by atoms with Gasteiger partial charge in [-0.15, -0.1) is 0 Å². The standard InChI is InChI=1S/C14H10ClNO3/c15-11-3-1-2-4-12(11)19-13-7-5-10(9-16-13)6-8-14(17)18/h1-9H,(H,17,18)/b8-6+. The Hall–Kier alpha value is -2.33. The molecule has 0 aliphatic carbocycles. The smallest absolute Gasteiger partial charge is 0.328 e. The van der Waals surface area contributed by atoms with E-state index in [1.807, 2.05) is 12.1 Å². The van der Waals surface area contributed by atoms with Crippen molar-refractivity contribution in [2.45, 2.75) is 0 Å². The Labute approximate surface area is 114 Å². The van der Waals surface area contributed by atoms with Gasteiger partial charge in [-0.25, -0.2) is 9.78 Å². The van der Waals surface area contributed by atoms with Gasteiger partial charge in [0.05, 0.1) is 5.02 Å². The van der Waals surface area contributed by atoms with Crippen LogP contribution < -0.4 is 4.74 Å². The summed E-state index contributed by atoms with van der Waals surface area (Å²) in [7, 11) is 0. The van der Waals surface area contributed by atoms with Gasteiger partial charge >= 0.3 is 5.97 Å². The molecule has 2 rings (SSSR count). The van der Waals surface area contributed by atoms with Crippen LogP contribution in [0.5, 0.6) is 11.6 Å². The van der Waals surface area contributed by atoms with Gasteiger partial charge in [0.2, 0.25) is 5.88 Å². The molecule has 1 aromatic heterocycles. The highest BCUT2D eigenvalue weighted by molar-refractivity contribution is 6.32. The summed E-state index contributed by atoms with van der Waals surface area (Å²) in [6.45, 7) is 0. The summed E-state index contributed by atoms with van der Waals surface area (Å²) in [6.07, 6.45) is 4.02. The maximum Gasteiger partial charge on any atom is 0.328 e. The number of ether oxygens (including phenoxy) is 1. The third-order valence-corrected chi connectivity index (χ3v) is 2.54. The topological polar surface area (TPSA) is 59.4 Å². The maximum atomic E-state index is 10.4. The zero-order valence-corrected chi connectivity index (χ0v) is 10.5. The van der Waals surface area contributed by atoms with Crippen molar-refractivity contribution in [1.29, 1.82) is 0 Å². The van der Waals surface area contributed by atoms with E-state index in [4.69, 9.17) is 21.4 Å². The molecule has 0 spiro atoms. The predicted molar refractivity (Wildman–Crippen MR) is 72.4 cm³/mol. The van der Waals surface area contributed by atoms with Crippen molar-refractivity contribution < 1.29 is 14.6 Å². The molecule has 0 fully saturated rings. The highest BCUT2D eigenvalue weighted by atomic mass is 35.5. The summed E-state index contributed by atoms with van der Waals surface area (Å²) in [5.74, 6) is -0.0949. The maximum absolute atomic E-state index is 10.4. The summed E-state index contributed by atoms with van der Waals surface area (Å²) in [5.41, 5.74) is 0.675. The second kappa shape index (κ2) is 6.02. The van der Waals surface area contributed by atoms with Crippen molar-refractivity contribution in [3.63, 3.8) is 0 Å². The number of carboxylic acid groups (broad SMARTS) is 1. The van der Waals surface area contributed by atoms with E-state index >= 15 is 0 Å². The fraction of sp³-hybridized carbons (Fsp3) is 0. The molecular formula is C14H10ClNO3. The molecule has 0 unspecified atom stereocenters.